The number of rotatable bonds is 21. The molecule has 0 aliphatic heterocycles. The smallest absolute Gasteiger partial charge is 0.460 e. The summed E-state index contributed by atoms with van der Waals surface area (Å²) in [6.45, 7) is -0.274. The molecule has 1 aromatic heterocycles. The lowest BCUT2D eigenvalue weighted by molar-refractivity contribution is -0.543. The van der Waals surface area contributed by atoms with E-state index in [-0.39, 0.29) is 12.8 Å². The molecule has 6 nitrogen and oxygen atoms in total. The van der Waals surface area contributed by atoms with Crippen LogP contribution in [0.1, 0.15) is 51.0 Å². The molecule has 1 heterocycles. The summed E-state index contributed by atoms with van der Waals surface area (Å²) in [5.74, 6) is -14.9. The van der Waals surface area contributed by atoms with Crippen molar-refractivity contribution in [1.82, 2.24) is 9.97 Å². The molecule has 2 rings (SSSR count). The summed E-state index contributed by atoms with van der Waals surface area (Å²) in [6, 6.07) is 6.44. The number of hydrogen-bond acceptors (Lipinski definition) is 6. The number of ether oxygens (including phenoxy) is 4. The number of nitrogens with zero attached hydrogens (tertiary/aromatic N) is 2. The Morgan fingerprint density at radius 1 is 0.592 bits per heavy atom. The first-order valence-electron chi connectivity index (χ1n) is 14.2. The lowest BCUT2D eigenvalue weighted by Crippen LogP contribution is -2.64. The van der Waals surface area contributed by atoms with Crippen molar-refractivity contribution in [2.75, 3.05) is 19.8 Å². The lowest BCUT2D eigenvalue weighted by Gasteiger charge is -2.36. The minimum absolute atomic E-state index is 0.0825. The normalized spacial score (nSPS) is 14.0. The highest BCUT2D eigenvalue weighted by atomic mass is 19.4. The van der Waals surface area contributed by atoms with Crippen LogP contribution < -0.4 is 4.74 Å². The van der Waals surface area contributed by atoms with Crippen LogP contribution in [-0.2, 0) is 20.6 Å². The topological polar surface area (TPSA) is 62.7 Å². The number of aryl methyl sites for hydroxylation is 1. The Hall–Kier alpha value is -3.07. The summed E-state index contributed by atoms with van der Waals surface area (Å²) in [5, 5.41) is 0. The van der Waals surface area contributed by atoms with Crippen LogP contribution >= 0.6 is 0 Å². The predicted octanol–water partition coefficient (Wildman–Crippen LogP) is 9.68. The van der Waals surface area contributed by atoms with Gasteiger partial charge in [-0.3, -0.25) is 0 Å². The molecule has 0 aliphatic rings. The monoisotopic (exact) mass is 742 g/mol. The van der Waals surface area contributed by atoms with Crippen molar-refractivity contribution in [3.63, 3.8) is 0 Å². The quantitative estimate of drug-likeness (QED) is 0.0938. The van der Waals surface area contributed by atoms with Crippen LogP contribution in [0.2, 0.25) is 0 Å². The first kappa shape index (κ1) is 42.1. The molecule has 21 heteroatoms. The van der Waals surface area contributed by atoms with Gasteiger partial charge in [0.05, 0.1) is 19.0 Å². The number of hydrogen-bond donors (Lipinski definition) is 0. The molecular weight excluding hydrogens is 713 g/mol. The minimum Gasteiger partial charge on any atom is -0.490 e. The Balaban J connectivity index is 1.85. The molecule has 280 valence electrons. The van der Waals surface area contributed by atoms with Gasteiger partial charge in [0.2, 0.25) is 0 Å². The predicted molar refractivity (Wildman–Crippen MR) is 139 cm³/mol. The zero-order chi connectivity index (χ0) is 37.4. The van der Waals surface area contributed by atoms with Crippen molar-refractivity contribution in [2.45, 2.75) is 94.3 Å². The minimum atomic E-state index is -7.91. The second kappa shape index (κ2) is 16.3. The largest absolute Gasteiger partial charge is 0.490 e. The molecule has 0 unspecified atom stereocenters. The fourth-order valence-electron chi connectivity index (χ4n) is 3.75. The first-order chi connectivity index (χ1) is 22.4. The molecule has 0 radical (unpaired) electrons. The summed E-state index contributed by atoms with van der Waals surface area (Å²) < 4.78 is 210. The van der Waals surface area contributed by atoms with Crippen LogP contribution in [0.5, 0.6) is 5.75 Å². The first-order valence-corrected chi connectivity index (χ1v) is 14.2. The van der Waals surface area contributed by atoms with E-state index in [1.165, 1.54) is 12.4 Å². The molecule has 0 fully saturated rings. The van der Waals surface area contributed by atoms with Gasteiger partial charge in [-0.25, -0.2) is 19.4 Å². The maximum absolute atomic E-state index is 13.7. The van der Waals surface area contributed by atoms with Gasteiger partial charge in [0.1, 0.15) is 6.61 Å². The van der Waals surface area contributed by atoms with E-state index in [9.17, 15) is 65.9 Å². The SMILES string of the molecule is CCCCCCCOc1cnc(-c2ccc(CCCOCC(F)(F)OC(F)(F)C(F)(F)OC(F)(F)C(F)(F)C(F)(F)C(F)(F)F)cc2)nc1. The molecule has 0 atom stereocenters. The molecule has 0 amide bonds. The van der Waals surface area contributed by atoms with Crippen molar-refractivity contribution in [2.24, 2.45) is 0 Å². The number of benzene rings is 1. The molecule has 0 bridgehead atoms. The van der Waals surface area contributed by atoms with E-state index in [1.54, 1.807) is 29.0 Å². The van der Waals surface area contributed by atoms with Crippen molar-refractivity contribution in [3.8, 4) is 17.1 Å². The van der Waals surface area contributed by atoms with Gasteiger partial charge in [-0.15, -0.1) is 0 Å². The summed E-state index contributed by atoms with van der Waals surface area (Å²) in [7, 11) is 0. The van der Waals surface area contributed by atoms with Crippen molar-refractivity contribution < 1.29 is 84.8 Å². The Morgan fingerprint density at radius 3 is 1.69 bits per heavy atom. The molecule has 0 saturated carbocycles. The van der Waals surface area contributed by atoms with E-state index in [0.717, 1.165) is 32.1 Å². The number of halogens is 15. The van der Waals surface area contributed by atoms with Crippen LogP contribution in [0, 0.1) is 0 Å². The molecule has 49 heavy (non-hydrogen) atoms. The Bertz CT molecular complexity index is 1290. The van der Waals surface area contributed by atoms with E-state index >= 15 is 0 Å². The Kier molecular flexibility index (Phi) is 14.0. The van der Waals surface area contributed by atoms with Crippen LogP contribution in [0.4, 0.5) is 65.9 Å². The maximum Gasteiger partial charge on any atom is 0.460 e. The third-order valence-corrected chi connectivity index (χ3v) is 6.37. The second-order valence-corrected chi connectivity index (χ2v) is 10.4. The summed E-state index contributed by atoms with van der Waals surface area (Å²) in [5.41, 5.74) is 1.20. The van der Waals surface area contributed by atoms with Gasteiger partial charge < -0.3 is 9.47 Å². The standard InChI is InChI=1S/C28H29F15N2O4/c1-2-3-4-5-6-14-47-20-15-44-21(45-16-20)19-11-9-18(10-12-19)8-7-13-46-17-22(29,30)48-27(40,41)28(42,43)49-26(38,39)24(33,34)23(31,32)25(35,36)37/h9-12,15-16H,2-8,13-14,17H2,1H3. The molecular formula is C28H29F15N2O4. The van der Waals surface area contributed by atoms with Crippen LogP contribution in [0.15, 0.2) is 36.7 Å². The lowest BCUT2D eigenvalue weighted by atomic mass is 10.1. The van der Waals surface area contributed by atoms with Gasteiger partial charge in [0.25, 0.3) is 0 Å². The molecule has 0 N–H and O–H groups in total. The Labute approximate surface area is 268 Å². The van der Waals surface area contributed by atoms with Crippen molar-refractivity contribution in [3.05, 3.63) is 42.2 Å². The third kappa shape index (κ3) is 11.2. The molecule has 0 spiro atoms. The average molecular weight is 743 g/mol. The zero-order valence-corrected chi connectivity index (χ0v) is 25.2. The van der Waals surface area contributed by atoms with Gasteiger partial charge in [-0.2, -0.15) is 65.9 Å². The highest BCUT2D eigenvalue weighted by Crippen LogP contribution is 2.56. The van der Waals surface area contributed by atoms with Crippen LogP contribution in [0.3, 0.4) is 0 Å². The molecule has 2 aromatic rings. The van der Waals surface area contributed by atoms with Gasteiger partial charge in [-0.1, -0.05) is 56.9 Å². The molecule has 1 aromatic carbocycles. The average Bonchev–Trinajstić information content (AvgIpc) is 2.97. The van der Waals surface area contributed by atoms with E-state index in [1.807, 2.05) is 0 Å². The molecule has 0 saturated heterocycles. The second-order valence-electron chi connectivity index (χ2n) is 10.4. The van der Waals surface area contributed by atoms with Crippen molar-refractivity contribution >= 4 is 0 Å². The van der Waals surface area contributed by atoms with Gasteiger partial charge in [0.15, 0.2) is 11.6 Å². The van der Waals surface area contributed by atoms with E-state index in [0.29, 0.717) is 29.3 Å². The van der Waals surface area contributed by atoms with E-state index in [2.05, 4.69) is 26.4 Å². The van der Waals surface area contributed by atoms with Gasteiger partial charge >= 0.3 is 42.5 Å². The van der Waals surface area contributed by atoms with E-state index in [4.69, 9.17) is 4.74 Å². The third-order valence-electron chi connectivity index (χ3n) is 6.37. The maximum atomic E-state index is 13.7. The fourth-order valence-corrected chi connectivity index (χ4v) is 3.75. The van der Waals surface area contributed by atoms with Crippen LogP contribution in [0.25, 0.3) is 11.4 Å². The Morgan fingerprint density at radius 2 is 1.14 bits per heavy atom. The highest BCUT2D eigenvalue weighted by Gasteiger charge is 2.85. The number of alkyl halides is 15. The summed E-state index contributed by atoms with van der Waals surface area (Å²) in [6.07, 6.45) is -26.6. The van der Waals surface area contributed by atoms with Crippen molar-refractivity contribution in [1.29, 1.82) is 0 Å². The number of unbranched alkanes of at least 4 members (excludes halogenated alkanes) is 4. The van der Waals surface area contributed by atoms with Gasteiger partial charge in [-0.05, 0) is 24.8 Å². The zero-order valence-electron chi connectivity index (χ0n) is 25.2. The van der Waals surface area contributed by atoms with Gasteiger partial charge in [0, 0.05) is 12.2 Å². The summed E-state index contributed by atoms with van der Waals surface area (Å²) in [4.78, 5) is 8.43. The molecule has 0 aliphatic carbocycles. The fraction of sp³-hybridized carbons (Fsp3) is 0.643. The van der Waals surface area contributed by atoms with Crippen LogP contribution in [-0.4, -0.2) is 72.2 Å². The summed E-state index contributed by atoms with van der Waals surface area (Å²) >= 11 is 0. The highest BCUT2D eigenvalue weighted by molar-refractivity contribution is 5.55. The number of aromatic nitrogens is 2. The van der Waals surface area contributed by atoms with E-state index < -0.39 is 55.7 Å².